The van der Waals surface area contributed by atoms with Gasteiger partial charge in [-0.15, -0.1) is 0 Å². The number of hydrogen-bond acceptors (Lipinski definition) is 1. The van der Waals surface area contributed by atoms with Crippen LogP contribution in [-0.2, 0) is 6.18 Å². The molecule has 1 fully saturated rings. The predicted molar refractivity (Wildman–Crippen MR) is 56.0 cm³/mol. The van der Waals surface area contributed by atoms with Crippen molar-refractivity contribution in [1.29, 1.82) is 0 Å². The highest BCUT2D eigenvalue weighted by Gasteiger charge is 2.34. The predicted octanol–water partition coefficient (Wildman–Crippen LogP) is 3.16. The molecular formula is C12H14F3N. The second kappa shape index (κ2) is 4.09. The SMILES string of the molecule is NCC1CCC1c1cccc(C(F)(F)F)c1. The van der Waals surface area contributed by atoms with Gasteiger partial charge in [0, 0.05) is 0 Å². The van der Waals surface area contributed by atoms with Crippen LogP contribution in [0.2, 0.25) is 0 Å². The number of nitrogens with two attached hydrogens (primary N) is 1. The molecule has 1 aliphatic carbocycles. The van der Waals surface area contributed by atoms with Crippen molar-refractivity contribution in [3.63, 3.8) is 0 Å². The zero-order valence-corrected chi connectivity index (χ0v) is 8.80. The van der Waals surface area contributed by atoms with Gasteiger partial charge in [0.25, 0.3) is 0 Å². The lowest BCUT2D eigenvalue weighted by atomic mass is 9.70. The van der Waals surface area contributed by atoms with Gasteiger partial charge >= 0.3 is 6.18 Å². The van der Waals surface area contributed by atoms with E-state index in [4.69, 9.17) is 5.73 Å². The van der Waals surface area contributed by atoms with Crippen LogP contribution in [0.1, 0.15) is 29.9 Å². The molecule has 0 heterocycles. The number of halogens is 3. The minimum absolute atomic E-state index is 0.215. The highest BCUT2D eigenvalue weighted by Crippen LogP contribution is 2.43. The summed E-state index contributed by atoms with van der Waals surface area (Å²) in [6.07, 6.45) is -2.28. The molecule has 1 aliphatic rings. The van der Waals surface area contributed by atoms with Gasteiger partial charge in [-0.05, 0) is 42.9 Å². The van der Waals surface area contributed by atoms with Crippen molar-refractivity contribution in [1.82, 2.24) is 0 Å². The van der Waals surface area contributed by atoms with E-state index in [0.717, 1.165) is 24.5 Å². The molecule has 0 aliphatic heterocycles. The number of benzene rings is 1. The van der Waals surface area contributed by atoms with Crippen molar-refractivity contribution in [3.8, 4) is 0 Å². The zero-order valence-electron chi connectivity index (χ0n) is 8.80. The van der Waals surface area contributed by atoms with Gasteiger partial charge in [-0.25, -0.2) is 0 Å². The molecule has 1 aromatic carbocycles. The van der Waals surface area contributed by atoms with Crippen molar-refractivity contribution in [3.05, 3.63) is 35.4 Å². The number of rotatable bonds is 2. The van der Waals surface area contributed by atoms with E-state index in [1.54, 1.807) is 6.07 Å². The summed E-state index contributed by atoms with van der Waals surface area (Å²) in [7, 11) is 0. The third-order valence-electron chi connectivity index (χ3n) is 3.36. The van der Waals surface area contributed by atoms with Gasteiger partial charge in [-0.2, -0.15) is 13.2 Å². The average molecular weight is 229 g/mol. The highest BCUT2D eigenvalue weighted by atomic mass is 19.4. The summed E-state index contributed by atoms with van der Waals surface area (Å²) in [5.74, 6) is 0.566. The van der Waals surface area contributed by atoms with Gasteiger partial charge < -0.3 is 5.73 Å². The Morgan fingerprint density at radius 3 is 2.50 bits per heavy atom. The van der Waals surface area contributed by atoms with Gasteiger partial charge in [0.1, 0.15) is 0 Å². The van der Waals surface area contributed by atoms with E-state index < -0.39 is 11.7 Å². The first-order valence-electron chi connectivity index (χ1n) is 5.39. The normalized spacial score (nSPS) is 25.2. The summed E-state index contributed by atoms with van der Waals surface area (Å²) < 4.78 is 37.5. The molecule has 2 N–H and O–H groups in total. The maximum Gasteiger partial charge on any atom is 0.416 e. The summed E-state index contributed by atoms with van der Waals surface area (Å²) in [5, 5.41) is 0. The Morgan fingerprint density at radius 1 is 1.25 bits per heavy atom. The maximum absolute atomic E-state index is 12.5. The minimum atomic E-state index is -4.25. The first-order chi connectivity index (χ1) is 7.52. The summed E-state index contributed by atoms with van der Waals surface area (Å²) in [4.78, 5) is 0. The molecule has 1 nitrogen and oxygen atoms in total. The Hall–Kier alpha value is -1.03. The second-order valence-electron chi connectivity index (χ2n) is 4.30. The van der Waals surface area contributed by atoms with Gasteiger partial charge in [0.05, 0.1) is 5.56 Å². The minimum Gasteiger partial charge on any atom is -0.330 e. The van der Waals surface area contributed by atoms with Crippen LogP contribution < -0.4 is 5.73 Å². The molecule has 88 valence electrons. The van der Waals surface area contributed by atoms with E-state index in [1.165, 1.54) is 12.1 Å². The van der Waals surface area contributed by atoms with Crippen LogP contribution in [0.4, 0.5) is 13.2 Å². The molecule has 16 heavy (non-hydrogen) atoms. The third-order valence-corrected chi connectivity index (χ3v) is 3.36. The summed E-state index contributed by atoms with van der Waals surface area (Å²) in [6, 6.07) is 5.61. The van der Waals surface area contributed by atoms with Gasteiger partial charge in [-0.1, -0.05) is 18.2 Å². The topological polar surface area (TPSA) is 26.0 Å². The fourth-order valence-corrected chi connectivity index (χ4v) is 2.24. The average Bonchev–Trinajstić information content (AvgIpc) is 2.16. The molecule has 0 amide bonds. The van der Waals surface area contributed by atoms with Crippen LogP contribution >= 0.6 is 0 Å². The quantitative estimate of drug-likeness (QED) is 0.828. The molecule has 2 atom stereocenters. The third kappa shape index (κ3) is 2.07. The molecule has 0 bridgehead atoms. The van der Waals surface area contributed by atoms with Crippen molar-refractivity contribution >= 4 is 0 Å². The van der Waals surface area contributed by atoms with E-state index in [-0.39, 0.29) is 5.92 Å². The molecule has 0 saturated heterocycles. The van der Waals surface area contributed by atoms with E-state index >= 15 is 0 Å². The van der Waals surface area contributed by atoms with Crippen LogP contribution in [0, 0.1) is 5.92 Å². The highest BCUT2D eigenvalue weighted by molar-refractivity contribution is 5.30. The molecule has 0 spiro atoms. The van der Waals surface area contributed by atoms with Crippen LogP contribution in [0.5, 0.6) is 0 Å². The largest absolute Gasteiger partial charge is 0.416 e. The fourth-order valence-electron chi connectivity index (χ4n) is 2.24. The van der Waals surface area contributed by atoms with Gasteiger partial charge in [-0.3, -0.25) is 0 Å². The van der Waals surface area contributed by atoms with Gasteiger partial charge in [0.2, 0.25) is 0 Å². The first-order valence-corrected chi connectivity index (χ1v) is 5.39. The first kappa shape index (κ1) is 11.5. The van der Waals surface area contributed by atoms with Crippen LogP contribution in [0.25, 0.3) is 0 Å². The lowest BCUT2D eigenvalue weighted by Crippen LogP contribution is -2.30. The summed E-state index contributed by atoms with van der Waals surface area (Å²) >= 11 is 0. The van der Waals surface area contributed by atoms with Crippen LogP contribution in [0.3, 0.4) is 0 Å². The van der Waals surface area contributed by atoms with E-state index in [1.807, 2.05) is 0 Å². The van der Waals surface area contributed by atoms with E-state index in [9.17, 15) is 13.2 Å². The van der Waals surface area contributed by atoms with Crippen molar-refractivity contribution in [2.45, 2.75) is 24.9 Å². The Labute approximate surface area is 92.5 Å². The van der Waals surface area contributed by atoms with Crippen LogP contribution in [-0.4, -0.2) is 6.54 Å². The lowest BCUT2D eigenvalue weighted by molar-refractivity contribution is -0.137. The Balaban J connectivity index is 2.23. The Bertz CT molecular complexity index is 371. The maximum atomic E-state index is 12.5. The van der Waals surface area contributed by atoms with Crippen molar-refractivity contribution in [2.24, 2.45) is 11.7 Å². The van der Waals surface area contributed by atoms with E-state index in [0.29, 0.717) is 12.5 Å². The smallest absolute Gasteiger partial charge is 0.330 e. The zero-order chi connectivity index (χ0) is 11.8. The Kier molecular flexibility index (Phi) is 2.93. The molecule has 0 radical (unpaired) electrons. The molecule has 1 saturated carbocycles. The molecule has 2 rings (SSSR count). The van der Waals surface area contributed by atoms with Gasteiger partial charge in [0.15, 0.2) is 0 Å². The molecule has 1 aromatic rings. The Morgan fingerprint density at radius 2 is 2.00 bits per heavy atom. The molecular weight excluding hydrogens is 215 g/mol. The summed E-state index contributed by atoms with van der Waals surface area (Å²) in [5.41, 5.74) is 5.78. The fraction of sp³-hybridized carbons (Fsp3) is 0.500. The molecule has 2 unspecified atom stereocenters. The lowest BCUT2D eigenvalue weighted by Gasteiger charge is -2.36. The molecule has 4 heteroatoms. The molecule has 0 aromatic heterocycles. The van der Waals surface area contributed by atoms with Crippen LogP contribution in [0.15, 0.2) is 24.3 Å². The monoisotopic (exact) mass is 229 g/mol. The second-order valence-corrected chi connectivity index (χ2v) is 4.30. The van der Waals surface area contributed by atoms with Crippen molar-refractivity contribution < 1.29 is 13.2 Å². The number of hydrogen-bond donors (Lipinski definition) is 1. The standard InChI is InChI=1S/C12H14F3N/c13-12(14,15)10-3-1-2-8(6-10)11-5-4-9(11)7-16/h1-3,6,9,11H,4-5,7,16H2. The number of alkyl halides is 3. The van der Waals surface area contributed by atoms with Crippen molar-refractivity contribution in [2.75, 3.05) is 6.54 Å². The summed E-state index contributed by atoms with van der Waals surface area (Å²) in [6.45, 7) is 0.556. The van der Waals surface area contributed by atoms with E-state index in [2.05, 4.69) is 0 Å².